The third-order valence-electron chi connectivity index (χ3n) is 3.47. The quantitative estimate of drug-likeness (QED) is 0.440. The van der Waals surface area contributed by atoms with Crippen LogP contribution in [0.5, 0.6) is 5.75 Å². The molecule has 0 aliphatic heterocycles. The van der Waals surface area contributed by atoms with Crippen LogP contribution in [0.3, 0.4) is 0 Å². The first-order chi connectivity index (χ1) is 11.7. The van der Waals surface area contributed by atoms with E-state index in [1.54, 1.807) is 18.1 Å². The number of hydrogen-bond acceptors (Lipinski definition) is 6. The zero-order valence-electron chi connectivity index (χ0n) is 12.9. The Balaban J connectivity index is 1.66. The monoisotopic (exact) mass is 339 g/mol. The molecule has 120 valence electrons. The lowest BCUT2D eigenvalue weighted by Gasteiger charge is -2.02. The van der Waals surface area contributed by atoms with Crippen LogP contribution in [0.4, 0.5) is 11.5 Å². The smallest absolute Gasteiger partial charge is 0.315 e. The number of ether oxygens (including phenoxy) is 1. The molecule has 0 saturated carbocycles. The van der Waals surface area contributed by atoms with Gasteiger partial charge in [-0.2, -0.15) is 0 Å². The summed E-state index contributed by atoms with van der Waals surface area (Å²) in [4.78, 5) is 7.53. The third kappa shape index (κ3) is 2.63. The molecule has 2 aromatic carbocycles. The number of thiazole rings is 1. The maximum Gasteiger partial charge on any atom is 0.315 e. The molecule has 0 fully saturated rings. The van der Waals surface area contributed by atoms with Crippen LogP contribution in [-0.2, 0) is 0 Å². The molecule has 0 saturated heterocycles. The predicted molar refractivity (Wildman–Crippen MR) is 93.4 cm³/mol. The molecule has 0 aliphatic carbocycles. The minimum atomic E-state index is 0.616. The van der Waals surface area contributed by atoms with Gasteiger partial charge in [-0.1, -0.05) is 34.3 Å². The number of nitrogen functional groups attached to an aromatic ring is 1. The second kappa shape index (κ2) is 5.82. The van der Waals surface area contributed by atoms with E-state index in [-0.39, 0.29) is 0 Å². The molecule has 0 spiro atoms. The summed E-state index contributed by atoms with van der Waals surface area (Å²) in [5.74, 6) is 7.41. The Hall–Kier alpha value is -3.13. The van der Waals surface area contributed by atoms with Gasteiger partial charge in [0.15, 0.2) is 0 Å². The first-order valence-electron chi connectivity index (χ1n) is 7.27. The SMILES string of the molecule is COc1cccc(Nc2c[n+](N)n(-c3nc4ccccc4s3)n2)c1. The standard InChI is InChI=1S/C16H15N6OS/c1-23-12-6-4-5-11(9-12)18-15-10-21(17)22(20-15)16-19-13-7-2-3-8-14(13)24-16/h2-10H,17H2,1H3,(H,18,20)/q+1. The van der Waals surface area contributed by atoms with Gasteiger partial charge < -0.3 is 10.1 Å². The number of rotatable bonds is 4. The topological polar surface area (TPSA) is 81.9 Å². The van der Waals surface area contributed by atoms with Crippen LogP contribution in [0.15, 0.2) is 54.7 Å². The minimum Gasteiger partial charge on any atom is -0.497 e. The Bertz CT molecular complexity index is 976. The highest BCUT2D eigenvalue weighted by Gasteiger charge is 2.20. The Kier molecular flexibility index (Phi) is 3.51. The molecule has 8 heteroatoms. The van der Waals surface area contributed by atoms with E-state index in [2.05, 4.69) is 15.4 Å². The fourth-order valence-corrected chi connectivity index (χ4v) is 3.27. The molecule has 0 aliphatic rings. The Morgan fingerprint density at radius 1 is 1.21 bits per heavy atom. The summed E-state index contributed by atoms with van der Waals surface area (Å²) in [7, 11) is 1.63. The van der Waals surface area contributed by atoms with Crippen LogP contribution in [0.25, 0.3) is 15.3 Å². The molecule has 7 nitrogen and oxygen atoms in total. The maximum absolute atomic E-state index is 6.02. The minimum absolute atomic E-state index is 0.616. The van der Waals surface area contributed by atoms with E-state index in [0.717, 1.165) is 21.7 Å². The van der Waals surface area contributed by atoms with Crippen molar-refractivity contribution in [1.29, 1.82) is 0 Å². The normalized spacial score (nSPS) is 10.9. The summed E-state index contributed by atoms with van der Waals surface area (Å²) in [6, 6.07) is 15.5. The van der Waals surface area contributed by atoms with Gasteiger partial charge in [-0.05, 0) is 24.3 Å². The Morgan fingerprint density at radius 2 is 2.08 bits per heavy atom. The maximum atomic E-state index is 6.02. The first kappa shape index (κ1) is 14.5. The van der Waals surface area contributed by atoms with E-state index >= 15 is 0 Å². The molecule has 24 heavy (non-hydrogen) atoms. The molecule has 2 heterocycles. The van der Waals surface area contributed by atoms with Gasteiger partial charge in [0.25, 0.3) is 5.13 Å². The molecule has 4 aromatic rings. The van der Waals surface area contributed by atoms with Gasteiger partial charge in [-0.15, -0.1) is 0 Å². The highest BCUT2D eigenvalue weighted by molar-refractivity contribution is 7.20. The molecule has 0 atom stereocenters. The molecule has 2 aromatic heterocycles. The highest BCUT2D eigenvalue weighted by Crippen LogP contribution is 2.24. The Morgan fingerprint density at radius 3 is 2.92 bits per heavy atom. The second-order valence-electron chi connectivity index (χ2n) is 5.10. The fourth-order valence-electron chi connectivity index (χ4n) is 2.35. The van der Waals surface area contributed by atoms with Gasteiger partial charge in [0.05, 0.1) is 22.4 Å². The van der Waals surface area contributed by atoms with Gasteiger partial charge in [-0.25, -0.2) is 4.98 Å². The Labute approximate surface area is 141 Å². The van der Waals surface area contributed by atoms with E-state index in [4.69, 9.17) is 10.6 Å². The summed E-state index contributed by atoms with van der Waals surface area (Å²) < 4.78 is 6.31. The van der Waals surface area contributed by atoms with Gasteiger partial charge in [0.2, 0.25) is 6.20 Å². The van der Waals surface area contributed by atoms with E-state index < -0.39 is 0 Å². The number of nitrogens with zero attached hydrogens (tertiary/aromatic N) is 4. The molecule has 3 N–H and O–H groups in total. The molecular weight excluding hydrogens is 324 g/mol. The number of methoxy groups -OCH3 is 1. The van der Waals surface area contributed by atoms with Crippen molar-refractivity contribution in [2.75, 3.05) is 18.3 Å². The van der Waals surface area contributed by atoms with Gasteiger partial charge in [0.1, 0.15) is 5.75 Å². The van der Waals surface area contributed by atoms with Crippen molar-refractivity contribution in [3.63, 3.8) is 0 Å². The first-order valence-corrected chi connectivity index (χ1v) is 8.09. The number of fused-ring (bicyclic) bond motifs is 1. The van der Waals surface area contributed by atoms with Gasteiger partial charge >= 0.3 is 5.82 Å². The van der Waals surface area contributed by atoms with Gasteiger partial charge in [0, 0.05) is 16.6 Å². The van der Waals surface area contributed by atoms with E-state index in [0.29, 0.717) is 10.9 Å². The van der Waals surface area contributed by atoms with Crippen molar-refractivity contribution in [3.05, 3.63) is 54.7 Å². The summed E-state index contributed by atoms with van der Waals surface area (Å²) in [6.07, 6.45) is 1.70. The highest BCUT2D eigenvalue weighted by atomic mass is 32.1. The van der Waals surface area contributed by atoms with Crippen LogP contribution < -0.4 is 20.7 Å². The van der Waals surface area contributed by atoms with E-state index in [9.17, 15) is 0 Å². The fraction of sp³-hybridized carbons (Fsp3) is 0.0625. The van der Waals surface area contributed by atoms with E-state index in [1.807, 2.05) is 48.5 Å². The van der Waals surface area contributed by atoms with Crippen LogP contribution in [0.1, 0.15) is 0 Å². The number of anilines is 2. The summed E-state index contributed by atoms with van der Waals surface area (Å²) in [5, 5.41) is 8.39. The number of nitrogens with one attached hydrogen (secondary N) is 1. The predicted octanol–water partition coefficient (Wildman–Crippen LogP) is 2.24. The lowest BCUT2D eigenvalue weighted by atomic mass is 10.3. The van der Waals surface area contributed by atoms with Gasteiger partial charge in [-0.3, -0.25) is 5.84 Å². The van der Waals surface area contributed by atoms with Crippen molar-refractivity contribution in [2.45, 2.75) is 0 Å². The number of para-hydroxylation sites is 1. The third-order valence-corrected chi connectivity index (χ3v) is 4.47. The zero-order chi connectivity index (χ0) is 16.5. The zero-order valence-corrected chi connectivity index (χ0v) is 13.7. The van der Waals surface area contributed by atoms with Crippen molar-refractivity contribution in [2.24, 2.45) is 0 Å². The van der Waals surface area contributed by atoms with Crippen molar-refractivity contribution in [3.8, 4) is 10.9 Å². The molecule has 0 unspecified atom stereocenters. The molecule has 4 rings (SSSR count). The average Bonchev–Trinajstić information content (AvgIpc) is 3.18. The van der Waals surface area contributed by atoms with Crippen molar-refractivity contribution >= 4 is 33.1 Å². The summed E-state index contributed by atoms with van der Waals surface area (Å²) in [6.45, 7) is 0. The average molecular weight is 339 g/mol. The number of hydrogen-bond donors (Lipinski definition) is 2. The largest absolute Gasteiger partial charge is 0.497 e. The second-order valence-corrected chi connectivity index (χ2v) is 6.11. The lowest BCUT2D eigenvalue weighted by molar-refractivity contribution is -0.718. The number of benzene rings is 2. The van der Waals surface area contributed by atoms with Crippen molar-refractivity contribution < 1.29 is 9.53 Å². The molecule has 0 radical (unpaired) electrons. The number of aromatic nitrogens is 4. The molecular formula is C16H15N6OS+. The molecule has 0 amide bonds. The van der Waals surface area contributed by atoms with E-state index in [1.165, 1.54) is 16.1 Å². The van der Waals surface area contributed by atoms with Crippen LogP contribution >= 0.6 is 11.3 Å². The number of nitrogens with two attached hydrogens (primary N) is 1. The van der Waals surface area contributed by atoms with Crippen LogP contribution in [0.2, 0.25) is 0 Å². The van der Waals surface area contributed by atoms with Crippen molar-refractivity contribution in [1.82, 2.24) is 14.9 Å². The molecule has 0 bridgehead atoms. The summed E-state index contributed by atoms with van der Waals surface area (Å²) in [5.41, 5.74) is 1.79. The summed E-state index contributed by atoms with van der Waals surface area (Å²) >= 11 is 1.53. The van der Waals surface area contributed by atoms with Crippen LogP contribution in [-0.4, -0.2) is 22.0 Å². The van der Waals surface area contributed by atoms with Crippen LogP contribution in [0, 0.1) is 0 Å². The lowest BCUT2D eigenvalue weighted by Crippen LogP contribution is -2.51.